The molecule has 3 aromatic heterocycles. The van der Waals surface area contributed by atoms with Crippen LogP contribution in [0, 0.1) is 0 Å². The number of β-lactam (4-membered cyclic amide) rings is 1. The topological polar surface area (TPSA) is 179 Å². The molecule has 2 atom stereocenters. The number of hydrogen-bond acceptors (Lipinski definition) is 11. The first kappa shape index (κ1) is 24.7. The zero-order chi connectivity index (χ0) is 26.3. The number of aliphatic hydroxyl groups is 1. The lowest BCUT2D eigenvalue weighted by Gasteiger charge is -2.50. The van der Waals surface area contributed by atoms with E-state index in [4.69, 9.17) is 10.6 Å². The Bertz CT molecular complexity index is 1480. The summed E-state index contributed by atoms with van der Waals surface area (Å²) < 4.78 is 3.62. The van der Waals surface area contributed by atoms with Crippen LogP contribution < -0.4 is 20.7 Å². The van der Waals surface area contributed by atoms with E-state index in [0.29, 0.717) is 11.3 Å². The van der Waals surface area contributed by atoms with Crippen LogP contribution in [0.3, 0.4) is 0 Å². The second-order valence-corrected chi connectivity index (χ2v) is 10.2. The molecule has 0 saturated carbocycles. The number of carbonyl (C=O) groups is 3. The molecule has 5 rings (SSSR count). The van der Waals surface area contributed by atoms with Gasteiger partial charge in [0.05, 0.1) is 24.5 Å². The van der Waals surface area contributed by atoms with Crippen LogP contribution in [0.1, 0.15) is 11.3 Å². The molecular weight excluding hydrogens is 522 g/mol. The van der Waals surface area contributed by atoms with E-state index in [1.807, 2.05) is 10.6 Å². The molecule has 1 saturated heterocycles. The maximum atomic E-state index is 13.0. The number of oxime groups is 1. The van der Waals surface area contributed by atoms with Crippen molar-refractivity contribution >= 4 is 57.2 Å². The van der Waals surface area contributed by atoms with E-state index < -0.39 is 29.2 Å². The van der Waals surface area contributed by atoms with Gasteiger partial charge in [-0.2, -0.15) is 4.57 Å². The number of thioether (sulfide) groups is 1. The van der Waals surface area contributed by atoms with E-state index in [9.17, 15) is 24.6 Å². The van der Waals surface area contributed by atoms with Gasteiger partial charge in [-0.15, -0.1) is 23.1 Å². The minimum absolute atomic E-state index is 0.132. The van der Waals surface area contributed by atoms with Gasteiger partial charge in [-0.25, -0.2) is 4.98 Å². The number of nitrogen functional groups attached to an aromatic ring is 1. The van der Waals surface area contributed by atoms with Gasteiger partial charge in [0, 0.05) is 28.5 Å². The summed E-state index contributed by atoms with van der Waals surface area (Å²) in [6, 6.07) is 0.828. The van der Waals surface area contributed by atoms with Gasteiger partial charge in [-0.1, -0.05) is 5.16 Å². The fourth-order valence-electron chi connectivity index (χ4n) is 4.29. The fourth-order valence-corrected chi connectivity index (χ4v) is 6.17. The molecule has 2 aliphatic heterocycles. The normalized spacial score (nSPS) is 19.6. The number of thiazole rings is 1. The predicted molar refractivity (Wildman–Crippen MR) is 131 cm³/mol. The molecule has 0 unspecified atom stereocenters. The van der Waals surface area contributed by atoms with Crippen LogP contribution in [-0.4, -0.2) is 67.2 Å². The lowest BCUT2D eigenvalue weighted by molar-refractivity contribution is -0.688. The minimum Gasteiger partial charge on any atom is -0.543 e. The summed E-state index contributed by atoms with van der Waals surface area (Å²) in [5.74, 6) is -2.45. The molecule has 0 bridgehead atoms. The summed E-state index contributed by atoms with van der Waals surface area (Å²) in [6.07, 6.45) is 7.18. The Hall–Kier alpha value is -3.95. The molecule has 4 N–H and O–H groups in total. The molecule has 3 aromatic rings. The number of nitrogens with zero attached hydrogens (tertiary/aromatic N) is 5. The predicted octanol–water partition coefficient (Wildman–Crippen LogP) is -1.79. The standard InChI is InChI=1S/C22H21N7O6S2/c1-35-26-15(13-10-37-22(23)24-13)18(31)25-16-19(32)29-17(21(33)34)12(9-36-20(16)29)6-27-4-5-28-3-2-11(8-30)14(28)7-27/h2-5,7,10,16,20,30H,6,8-9H2,1H3,(H3-,23,24,25,31,33,34)/b26-15-/t16-,20+/m1/s1. The van der Waals surface area contributed by atoms with E-state index in [-0.39, 0.29) is 35.4 Å². The van der Waals surface area contributed by atoms with Crippen molar-refractivity contribution in [3.8, 4) is 0 Å². The highest BCUT2D eigenvalue weighted by Crippen LogP contribution is 2.40. The summed E-state index contributed by atoms with van der Waals surface area (Å²) in [5, 5.41) is 29.1. The van der Waals surface area contributed by atoms with Crippen molar-refractivity contribution in [3.63, 3.8) is 0 Å². The third-order valence-electron chi connectivity index (χ3n) is 5.98. The number of rotatable bonds is 8. The second kappa shape index (κ2) is 9.84. The van der Waals surface area contributed by atoms with Gasteiger partial charge in [0.2, 0.25) is 0 Å². The lowest BCUT2D eigenvalue weighted by atomic mass is 10.0. The minimum atomic E-state index is -1.47. The third-order valence-corrected chi connectivity index (χ3v) is 8.00. The van der Waals surface area contributed by atoms with Crippen LogP contribution >= 0.6 is 23.1 Å². The molecule has 192 valence electrons. The Kier molecular flexibility index (Phi) is 6.57. The van der Waals surface area contributed by atoms with Crippen molar-refractivity contribution in [1.29, 1.82) is 0 Å². The van der Waals surface area contributed by atoms with E-state index in [1.165, 1.54) is 24.3 Å². The summed E-state index contributed by atoms with van der Waals surface area (Å²) in [4.78, 5) is 47.9. The number of fused-ring (bicyclic) bond motifs is 2. The SMILES string of the molecule is CO/N=C(\C(=O)N[C@@H]1C(=O)N2C(C(=O)[O-])=C(C[n+]3ccn4ccc(CO)c4c3)CS[C@@H]12)c1csc(N)n1. The molecule has 2 aliphatic rings. The van der Waals surface area contributed by atoms with Crippen LogP contribution in [0.15, 0.2) is 52.7 Å². The smallest absolute Gasteiger partial charge is 0.276 e. The summed E-state index contributed by atoms with van der Waals surface area (Å²) in [7, 11) is 1.27. The highest BCUT2D eigenvalue weighted by Gasteiger charge is 2.53. The molecule has 5 heterocycles. The lowest BCUT2D eigenvalue weighted by Crippen LogP contribution is -2.71. The van der Waals surface area contributed by atoms with Crippen LogP contribution in [-0.2, 0) is 32.4 Å². The number of nitrogens with two attached hydrogens (primary N) is 1. The van der Waals surface area contributed by atoms with Crippen molar-refractivity contribution in [1.82, 2.24) is 19.6 Å². The number of aliphatic hydroxyl groups excluding tert-OH is 1. The molecule has 13 nitrogen and oxygen atoms in total. The fraction of sp³-hybridized carbons (Fsp3) is 0.273. The van der Waals surface area contributed by atoms with Gasteiger partial charge in [0.25, 0.3) is 11.8 Å². The number of carboxylic acids is 1. The van der Waals surface area contributed by atoms with E-state index in [1.54, 1.807) is 29.2 Å². The number of anilines is 1. The van der Waals surface area contributed by atoms with E-state index >= 15 is 0 Å². The van der Waals surface area contributed by atoms with E-state index in [0.717, 1.165) is 27.3 Å². The van der Waals surface area contributed by atoms with Crippen molar-refractivity contribution in [2.45, 2.75) is 24.6 Å². The maximum Gasteiger partial charge on any atom is 0.276 e. The summed E-state index contributed by atoms with van der Waals surface area (Å²) in [5.41, 5.74) is 7.48. The Morgan fingerprint density at radius 2 is 2.24 bits per heavy atom. The molecule has 15 heteroatoms. The number of carboxylic acid groups (broad SMARTS) is 1. The van der Waals surface area contributed by atoms with Crippen molar-refractivity contribution in [2.75, 3.05) is 18.6 Å². The van der Waals surface area contributed by atoms with Gasteiger partial charge < -0.3 is 35.3 Å². The Morgan fingerprint density at radius 3 is 2.92 bits per heavy atom. The highest BCUT2D eigenvalue weighted by molar-refractivity contribution is 8.00. The van der Waals surface area contributed by atoms with Crippen LogP contribution in [0.5, 0.6) is 0 Å². The molecular formula is C22H21N7O6S2. The average Bonchev–Trinajstić information content (AvgIpc) is 3.50. The Morgan fingerprint density at radius 1 is 1.43 bits per heavy atom. The maximum absolute atomic E-state index is 13.0. The summed E-state index contributed by atoms with van der Waals surface area (Å²) >= 11 is 2.45. The highest BCUT2D eigenvalue weighted by atomic mass is 32.2. The number of hydrogen-bond donors (Lipinski definition) is 3. The molecule has 0 aromatic carbocycles. The quantitative estimate of drug-likeness (QED) is 0.128. The molecule has 2 amide bonds. The van der Waals surface area contributed by atoms with Gasteiger partial charge >= 0.3 is 0 Å². The first-order valence-electron chi connectivity index (χ1n) is 10.9. The average molecular weight is 544 g/mol. The van der Waals surface area contributed by atoms with Gasteiger partial charge in [0.1, 0.15) is 29.7 Å². The first-order valence-corrected chi connectivity index (χ1v) is 12.9. The molecule has 0 radical (unpaired) electrons. The van der Waals surface area contributed by atoms with Crippen molar-refractivity contribution in [2.24, 2.45) is 5.16 Å². The van der Waals surface area contributed by atoms with Gasteiger partial charge in [-0.3, -0.25) is 14.5 Å². The number of aromatic nitrogens is 3. The first-order chi connectivity index (χ1) is 17.8. The van der Waals surface area contributed by atoms with Crippen LogP contribution in [0.25, 0.3) is 5.52 Å². The largest absolute Gasteiger partial charge is 0.543 e. The van der Waals surface area contributed by atoms with Crippen molar-refractivity contribution in [3.05, 3.63) is 58.8 Å². The number of nitrogens with one attached hydrogen (secondary N) is 1. The second-order valence-electron chi connectivity index (χ2n) is 8.19. The number of amides is 2. The zero-order valence-electron chi connectivity index (χ0n) is 19.4. The zero-order valence-corrected chi connectivity index (χ0v) is 21.0. The van der Waals surface area contributed by atoms with Crippen molar-refractivity contribution < 1.29 is 34.0 Å². The molecule has 37 heavy (non-hydrogen) atoms. The molecule has 0 spiro atoms. The third kappa shape index (κ3) is 4.41. The summed E-state index contributed by atoms with van der Waals surface area (Å²) in [6.45, 7) is 0.0688. The number of carbonyl (C=O) groups excluding carboxylic acids is 3. The van der Waals surface area contributed by atoms with E-state index in [2.05, 4.69) is 15.5 Å². The Labute approximate surface area is 217 Å². The molecule has 0 aliphatic carbocycles. The van der Waals surface area contributed by atoms with Crippen LogP contribution in [0.2, 0.25) is 0 Å². The monoisotopic (exact) mass is 543 g/mol. The van der Waals surface area contributed by atoms with Gasteiger partial charge in [-0.05, 0) is 6.07 Å². The molecule has 1 fully saturated rings. The Balaban J connectivity index is 1.36. The van der Waals surface area contributed by atoms with Crippen LogP contribution in [0.4, 0.5) is 5.13 Å². The van der Waals surface area contributed by atoms with Gasteiger partial charge in [0.15, 0.2) is 29.8 Å². The number of aliphatic carboxylic acids is 1.